The molecule has 0 aliphatic carbocycles. The van der Waals surface area contributed by atoms with Gasteiger partial charge >= 0.3 is 7.60 Å². The number of rotatable bonds is 5. The Labute approximate surface area is 87.2 Å². The maximum absolute atomic E-state index is 12.0. The van der Waals surface area contributed by atoms with Gasteiger partial charge in [0.25, 0.3) is 0 Å². The topological polar surface area (TPSA) is 65.7 Å². The fraction of sp³-hybridized carbons (Fsp3) is 0.333. The van der Waals surface area contributed by atoms with Gasteiger partial charge in [-0.2, -0.15) is 0 Å². The van der Waals surface area contributed by atoms with E-state index in [-0.39, 0.29) is 0 Å². The van der Waals surface area contributed by atoms with E-state index in [1.54, 1.807) is 18.1 Å². The van der Waals surface area contributed by atoms with Gasteiger partial charge in [0.1, 0.15) is 17.4 Å². The maximum Gasteiger partial charge on any atom is 0.345 e. The summed E-state index contributed by atoms with van der Waals surface area (Å²) in [6, 6.07) is 3.21. The summed E-state index contributed by atoms with van der Waals surface area (Å²) in [6.45, 7) is 0. The van der Waals surface area contributed by atoms with E-state index in [4.69, 9.17) is 13.5 Å². The Bertz CT molecular complexity index is 383. The molecule has 0 spiro atoms. The first-order valence-corrected chi connectivity index (χ1v) is 5.74. The van der Waals surface area contributed by atoms with Gasteiger partial charge in [-0.15, -0.1) is 0 Å². The van der Waals surface area contributed by atoms with Crippen LogP contribution in [-0.2, 0) is 18.4 Å². The Hall–Kier alpha value is -1.12. The second-order valence-corrected chi connectivity index (χ2v) is 5.02. The third-order valence-corrected chi connectivity index (χ3v) is 4.01. The molecule has 0 saturated heterocycles. The summed E-state index contributed by atoms with van der Waals surface area (Å²) in [5, 5.41) is 0. The maximum atomic E-state index is 12.0. The second-order valence-electron chi connectivity index (χ2n) is 2.65. The van der Waals surface area contributed by atoms with Crippen LogP contribution >= 0.6 is 7.60 Å². The normalized spacial score (nSPS) is 13.2. The molecule has 0 fully saturated rings. The average molecular weight is 230 g/mol. The quantitative estimate of drug-likeness (QED) is 0.573. The number of hydrogen-bond acceptors (Lipinski definition) is 5. The van der Waals surface area contributed by atoms with Crippen LogP contribution in [0.4, 0.5) is 0 Å². The van der Waals surface area contributed by atoms with Crippen molar-refractivity contribution in [1.82, 2.24) is 0 Å². The Balaban J connectivity index is 3.13. The molecular weight excluding hydrogens is 219 g/mol. The highest BCUT2D eigenvalue weighted by atomic mass is 31.2. The first-order chi connectivity index (χ1) is 7.18. The first-order valence-electron chi connectivity index (χ1n) is 4.13. The highest BCUT2D eigenvalue weighted by Crippen LogP contribution is 2.60. The average Bonchev–Trinajstić information content (AvgIpc) is 2.78. The summed E-state index contributed by atoms with van der Waals surface area (Å²) < 4.78 is 26.7. The molecule has 0 aliphatic heterocycles. The zero-order chi connectivity index (χ0) is 11.3. The Morgan fingerprint density at radius 2 is 2.20 bits per heavy atom. The lowest BCUT2D eigenvalue weighted by Gasteiger charge is -2.18. The van der Waals surface area contributed by atoms with Crippen LogP contribution in [0.5, 0.6) is 0 Å². The highest BCUT2D eigenvalue weighted by Gasteiger charge is 2.35. The van der Waals surface area contributed by atoms with Crippen molar-refractivity contribution in [2.45, 2.75) is 5.66 Å². The molecule has 15 heavy (non-hydrogen) atoms. The number of allylic oxidation sites excluding steroid dienone is 1. The van der Waals surface area contributed by atoms with E-state index in [0.717, 1.165) is 6.08 Å². The minimum Gasteiger partial charge on any atom is -0.468 e. The van der Waals surface area contributed by atoms with Gasteiger partial charge in [-0.25, -0.2) is 4.79 Å². The predicted molar refractivity (Wildman–Crippen MR) is 53.3 cm³/mol. The van der Waals surface area contributed by atoms with E-state index in [1.165, 1.54) is 20.5 Å². The van der Waals surface area contributed by atoms with Gasteiger partial charge in [-0.3, -0.25) is 4.57 Å². The standard InChI is InChI=1S/C9H11O5P/c1-12-15(11,13-2)9(5-6-10)8-4-3-7-14-8/h3-5,7,9H,1-2H3. The Kier molecular flexibility index (Phi) is 4.06. The molecule has 1 rings (SSSR count). The zero-order valence-electron chi connectivity index (χ0n) is 8.38. The molecule has 5 nitrogen and oxygen atoms in total. The van der Waals surface area contributed by atoms with Crippen LogP contribution in [0.3, 0.4) is 0 Å². The van der Waals surface area contributed by atoms with Crippen LogP contribution in [0.25, 0.3) is 0 Å². The summed E-state index contributed by atoms with van der Waals surface area (Å²) >= 11 is 0. The van der Waals surface area contributed by atoms with Gasteiger partial charge in [0, 0.05) is 20.3 Å². The van der Waals surface area contributed by atoms with Crippen molar-refractivity contribution in [3.05, 3.63) is 30.2 Å². The van der Waals surface area contributed by atoms with Gasteiger partial charge in [-0.05, 0) is 12.1 Å². The van der Waals surface area contributed by atoms with Crippen LogP contribution in [0.15, 0.2) is 28.9 Å². The monoisotopic (exact) mass is 230 g/mol. The smallest absolute Gasteiger partial charge is 0.345 e. The molecule has 1 unspecified atom stereocenters. The van der Waals surface area contributed by atoms with E-state index in [0.29, 0.717) is 5.76 Å². The molecule has 1 aromatic rings. The molecule has 6 heteroatoms. The van der Waals surface area contributed by atoms with Crippen LogP contribution in [0.1, 0.15) is 11.4 Å². The highest BCUT2D eigenvalue weighted by molar-refractivity contribution is 7.54. The molecule has 82 valence electrons. The fourth-order valence-corrected chi connectivity index (χ4v) is 2.46. The predicted octanol–water partition coefficient (Wildman–Crippen LogP) is 2.19. The van der Waals surface area contributed by atoms with Gasteiger partial charge in [0.15, 0.2) is 0 Å². The van der Waals surface area contributed by atoms with Crippen molar-refractivity contribution < 1.29 is 22.8 Å². The lowest BCUT2D eigenvalue weighted by molar-refractivity contribution is 0.267. The van der Waals surface area contributed by atoms with Gasteiger partial charge in [0.05, 0.1) is 6.26 Å². The van der Waals surface area contributed by atoms with Crippen molar-refractivity contribution in [2.24, 2.45) is 0 Å². The van der Waals surface area contributed by atoms with Gasteiger partial charge < -0.3 is 13.5 Å². The molecule has 0 N–H and O–H groups in total. The van der Waals surface area contributed by atoms with Crippen molar-refractivity contribution >= 4 is 13.5 Å². The minimum absolute atomic E-state index is 0.338. The zero-order valence-corrected chi connectivity index (χ0v) is 9.27. The van der Waals surface area contributed by atoms with E-state index < -0.39 is 13.3 Å². The third-order valence-electron chi connectivity index (χ3n) is 1.91. The summed E-state index contributed by atoms with van der Waals surface area (Å²) in [5.41, 5.74) is -0.861. The lowest BCUT2D eigenvalue weighted by Crippen LogP contribution is -2.00. The number of hydrogen-bond donors (Lipinski definition) is 0. The third kappa shape index (κ3) is 2.46. The van der Waals surface area contributed by atoms with Crippen LogP contribution in [0, 0.1) is 0 Å². The largest absolute Gasteiger partial charge is 0.468 e. The van der Waals surface area contributed by atoms with Crippen molar-refractivity contribution in [1.29, 1.82) is 0 Å². The molecule has 0 saturated carbocycles. The summed E-state index contributed by atoms with van der Waals surface area (Å²) in [4.78, 5) is 10.3. The van der Waals surface area contributed by atoms with Crippen molar-refractivity contribution in [3.63, 3.8) is 0 Å². The van der Waals surface area contributed by atoms with Crippen LogP contribution in [0.2, 0.25) is 0 Å². The molecule has 1 aromatic heterocycles. The van der Waals surface area contributed by atoms with E-state index in [1.807, 2.05) is 0 Å². The summed E-state index contributed by atoms with van der Waals surface area (Å²) in [6.07, 6.45) is 2.48. The Morgan fingerprint density at radius 3 is 2.60 bits per heavy atom. The lowest BCUT2D eigenvalue weighted by atomic mass is 10.3. The van der Waals surface area contributed by atoms with E-state index >= 15 is 0 Å². The first kappa shape index (κ1) is 12.0. The second kappa shape index (κ2) is 5.10. The Morgan fingerprint density at radius 1 is 1.53 bits per heavy atom. The fourth-order valence-electron chi connectivity index (χ4n) is 1.15. The molecule has 0 bridgehead atoms. The van der Waals surface area contributed by atoms with Crippen molar-refractivity contribution in [2.75, 3.05) is 14.2 Å². The molecular formula is C9H11O5P. The number of carbonyl (C=O) groups excluding carboxylic acids is 1. The van der Waals surface area contributed by atoms with Gasteiger partial charge in [-0.1, -0.05) is 0 Å². The molecule has 0 amide bonds. The minimum atomic E-state index is -3.41. The van der Waals surface area contributed by atoms with Crippen LogP contribution < -0.4 is 0 Å². The molecule has 0 aromatic carbocycles. The molecule has 1 heterocycles. The van der Waals surface area contributed by atoms with Crippen molar-refractivity contribution in [3.8, 4) is 0 Å². The van der Waals surface area contributed by atoms with E-state index in [2.05, 4.69) is 0 Å². The SMILES string of the molecule is COP(=O)(OC)C(C=C=O)c1ccco1. The van der Waals surface area contributed by atoms with E-state index in [9.17, 15) is 9.36 Å². The molecule has 0 radical (unpaired) electrons. The van der Waals surface area contributed by atoms with Crippen LogP contribution in [-0.4, -0.2) is 20.2 Å². The molecule has 0 aliphatic rings. The summed E-state index contributed by atoms with van der Waals surface area (Å²) in [7, 11) is -0.911. The molecule has 1 atom stereocenters. The summed E-state index contributed by atoms with van der Waals surface area (Å²) in [5.74, 6) is 1.90. The van der Waals surface area contributed by atoms with Gasteiger partial charge in [0.2, 0.25) is 0 Å². The number of furan rings is 1.